The maximum absolute atomic E-state index is 15.0. The van der Waals surface area contributed by atoms with E-state index in [4.69, 9.17) is 0 Å². The van der Waals surface area contributed by atoms with Crippen LogP contribution < -0.4 is 9.80 Å². The Kier molecular flexibility index (Phi) is 14.3. The molecule has 102 heavy (non-hydrogen) atoms. The molecule has 0 atom stereocenters. The molecule has 8 heteroatoms. The molecule has 0 spiro atoms. The van der Waals surface area contributed by atoms with Crippen molar-refractivity contribution in [2.75, 3.05) is 9.80 Å². The number of nitrogens with zero attached hydrogens (tertiary/aromatic N) is 4. The Labute approximate surface area is 590 Å². The van der Waals surface area contributed by atoms with Gasteiger partial charge in [-0.2, -0.15) is 0 Å². The van der Waals surface area contributed by atoms with Crippen LogP contribution in [0.2, 0.25) is 0 Å². The molecule has 16 aromatic rings. The number of anilines is 6. The number of hydrogen-bond acceptors (Lipinski definition) is 6. The van der Waals surface area contributed by atoms with Crippen LogP contribution in [0.5, 0.6) is 0 Å². The zero-order valence-electron chi connectivity index (χ0n) is 56.6. The van der Waals surface area contributed by atoms with Crippen LogP contribution in [-0.4, -0.2) is 32.3 Å². The van der Waals surface area contributed by atoms with E-state index in [1.165, 1.54) is 11.1 Å². The number of para-hydroxylation sites is 6. The van der Waals surface area contributed by atoms with Crippen molar-refractivity contribution in [3.8, 4) is 22.5 Å². The fraction of sp³-hybridized carbons (Fsp3) is 0.0638. The van der Waals surface area contributed by atoms with E-state index in [9.17, 15) is 19.2 Å². The molecule has 0 unspecified atom stereocenters. The third-order valence-electron chi connectivity index (χ3n) is 21.2. The average Bonchev–Trinajstić information content (AvgIpc) is 1.13. The summed E-state index contributed by atoms with van der Waals surface area (Å²) in [6.45, 7) is 9.07. The van der Waals surface area contributed by atoms with Crippen molar-refractivity contribution in [3.63, 3.8) is 0 Å². The minimum absolute atomic E-state index is 0.170. The molecule has 2 aliphatic rings. The zero-order chi connectivity index (χ0) is 69.1. The lowest BCUT2D eigenvalue weighted by molar-refractivity contribution is 0.102. The molecule has 8 nitrogen and oxygen atoms in total. The molecule has 0 bridgehead atoms. The first-order chi connectivity index (χ1) is 49.8. The maximum Gasteiger partial charge on any atom is 0.193 e. The molecule has 0 aliphatic carbocycles. The molecule has 4 heterocycles. The Hall–Kier alpha value is -13.0. The van der Waals surface area contributed by atoms with Crippen molar-refractivity contribution < 1.29 is 19.2 Å². The van der Waals surface area contributed by atoms with Gasteiger partial charge in [-0.05, 0) is 149 Å². The number of hydrogen-bond donors (Lipinski definition) is 0. The number of fused-ring (bicyclic) bond motifs is 10. The van der Waals surface area contributed by atoms with Crippen molar-refractivity contribution >= 4 is 101 Å². The topological polar surface area (TPSA) is 84.6 Å². The Balaban J connectivity index is 0.641. The van der Waals surface area contributed by atoms with E-state index in [-0.39, 0.29) is 34.0 Å². The van der Waals surface area contributed by atoms with Gasteiger partial charge in [0.25, 0.3) is 0 Å². The van der Waals surface area contributed by atoms with E-state index < -0.39 is 0 Å². The third-order valence-corrected chi connectivity index (χ3v) is 21.2. The average molecular weight is 1320 g/mol. The Morgan fingerprint density at radius 1 is 0.225 bits per heavy atom. The van der Waals surface area contributed by atoms with Crippen LogP contribution in [0.25, 0.3) is 66.1 Å². The first kappa shape index (κ1) is 61.3. The van der Waals surface area contributed by atoms with Crippen molar-refractivity contribution in [1.82, 2.24) is 9.13 Å². The molecule has 18 rings (SSSR count). The van der Waals surface area contributed by atoms with Gasteiger partial charge in [0.2, 0.25) is 0 Å². The molecular formula is C94H66N4O4. The smallest absolute Gasteiger partial charge is 0.193 e. The summed E-state index contributed by atoms with van der Waals surface area (Å²) in [4.78, 5) is 63.3. The highest BCUT2D eigenvalue weighted by Gasteiger charge is 2.39. The molecule has 0 radical (unpaired) electrons. The van der Waals surface area contributed by atoms with Crippen molar-refractivity contribution in [2.45, 2.75) is 38.5 Å². The summed E-state index contributed by atoms with van der Waals surface area (Å²) in [6, 6.07) is 109. The molecular weight excluding hydrogens is 1250 g/mol. The predicted molar refractivity (Wildman–Crippen MR) is 414 cm³/mol. The minimum atomic E-state index is -0.378. The van der Waals surface area contributed by atoms with Gasteiger partial charge in [-0.3, -0.25) is 19.2 Å². The second-order valence-electron chi connectivity index (χ2n) is 27.8. The Morgan fingerprint density at radius 3 is 0.922 bits per heavy atom. The number of aromatic nitrogens is 2. The van der Waals surface area contributed by atoms with Crippen molar-refractivity contribution in [3.05, 3.63) is 394 Å². The standard InChI is InChI=1S/C94H66N4O4/c1-93(2)77-38-8-14-44-85(77)97(86-45-15-9-39-78(86)93)71-33-21-29-67(55-71)91(101)63-25-18-26-64(52-63)92(102)68-30-22-34-72(56-68)98-87-46-16-10-40-79(87)94(3,4)80-49-47-60(58-88(80)98)59-48-50-84-76(57-59)75-37-7-13-43-83(75)96(84)70-32-20-28-66(54-70)90(100)62-24-17-23-61(51-62)89(99)65-27-19-31-69(53-65)95-81-41-11-5-35-73(81)74-36-6-12-42-82(74)95/h5-58H,1-4H3. The van der Waals surface area contributed by atoms with Gasteiger partial charge in [0.1, 0.15) is 0 Å². The normalized spacial score (nSPS) is 13.4. The second-order valence-corrected chi connectivity index (χ2v) is 27.8. The van der Waals surface area contributed by atoms with Gasteiger partial charge in [-0.15, -0.1) is 0 Å². The third kappa shape index (κ3) is 9.88. The summed E-state index contributed by atoms with van der Waals surface area (Å²) in [5, 5.41) is 4.40. The van der Waals surface area contributed by atoms with Crippen molar-refractivity contribution in [1.29, 1.82) is 0 Å². The fourth-order valence-electron chi connectivity index (χ4n) is 16.2. The van der Waals surface area contributed by atoms with Crippen LogP contribution in [0.3, 0.4) is 0 Å². The molecule has 0 N–H and O–H groups in total. The largest absolute Gasteiger partial charge is 0.310 e. The summed E-state index contributed by atoms with van der Waals surface area (Å²) in [7, 11) is 0. The SMILES string of the molecule is CC1(C)c2ccccc2N(c2cccc(C(=O)c3cccc(C(=O)c4cccc(N5c6ccccc6C(C)(C)c6ccc(-c7ccc8c(c7)c7ccccc7n8-c7cccc(C(=O)c8cccc(C(=O)c9cccc(-n%10c%11ccccc%11c%11ccccc%11%10)c9)c8)c7)cc65)c4)c3)c2)c2ccccc21. The highest BCUT2D eigenvalue weighted by molar-refractivity contribution is 6.17. The van der Waals surface area contributed by atoms with E-state index >= 15 is 0 Å². The van der Waals surface area contributed by atoms with E-state index in [2.05, 4.69) is 204 Å². The zero-order valence-corrected chi connectivity index (χ0v) is 56.6. The van der Waals surface area contributed by atoms with E-state index in [0.29, 0.717) is 44.5 Å². The Morgan fingerprint density at radius 2 is 0.510 bits per heavy atom. The van der Waals surface area contributed by atoms with Crippen LogP contribution in [-0.2, 0) is 10.8 Å². The Bertz CT molecular complexity index is 6120. The molecule has 0 fully saturated rings. The van der Waals surface area contributed by atoms with Gasteiger partial charge < -0.3 is 18.9 Å². The van der Waals surface area contributed by atoms with Gasteiger partial charge >= 0.3 is 0 Å². The summed E-state index contributed by atoms with van der Waals surface area (Å²) in [5.41, 5.74) is 21.6. The molecule has 0 saturated carbocycles. The second kappa shape index (κ2) is 23.9. The quantitative estimate of drug-likeness (QED) is 0.107. The number of ketones is 4. The highest BCUT2D eigenvalue weighted by atomic mass is 16.1. The first-order valence-corrected chi connectivity index (χ1v) is 34.6. The molecule has 486 valence electrons. The van der Waals surface area contributed by atoms with Crippen LogP contribution in [0, 0.1) is 0 Å². The predicted octanol–water partition coefficient (Wildman–Crippen LogP) is 22.7. The molecule has 0 saturated heterocycles. The van der Waals surface area contributed by atoms with Gasteiger partial charge in [-0.25, -0.2) is 0 Å². The molecule has 2 aliphatic heterocycles. The van der Waals surface area contributed by atoms with Crippen molar-refractivity contribution in [2.24, 2.45) is 0 Å². The lowest BCUT2D eigenvalue weighted by Gasteiger charge is -2.42. The summed E-state index contributed by atoms with van der Waals surface area (Å²) >= 11 is 0. The fourth-order valence-corrected chi connectivity index (χ4v) is 16.2. The van der Waals surface area contributed by atoms with Gasteiger partial charge in [0.05, 0.1) is 44.8 Å². The van der Waals surface area contributed by atoms with E-state index in [1.807, 2.05) is 121 Å². The summed E-state index contributed by atoms with van der Waals surface area (Å²) in [5.74, 6) is -0.722. The van der Waals surface area contributed by atoms with E-state index in [1.54, 1.807) is 48.5 Å². The van der Waals surface area contributed by atoms with E-state index in [0.717, 1.165) is 111 Å². The summed E-state index contributed by atoms with van der Waals surface area (Å²) in [6.07, 6.45) is 0. The molecule has 14 aromatic carbocycles. The number of benzene rings is 14. The van der Waals surface area contributed by atoms with Gasteiger partial charge in [-0.1, -0.05) is 240 Å². The minimum Gasteiger partial charge on any atom is -0.310 e. The number of carbonyl (C=O) groups excluding carboxylic acids is 4. The summed E-state index contributed by atoms with van der Waals surface area (Å²) < 4.78 is 4.42. The van der Waals surface area contributed by atoms with Crippen LogP contribution in [0.4, 0.5) is 34.1 Å². The molecule has 2 aromatic heterocycles. The highest BCUT2D eigenvalue weighted by Crippen LogP contribution is 2.54. The molecule has 0 amide bonds. The van der Waals surface area contributed by atoms with Gasteiger partial charge in [0, 0.05) is 99.6 Å². The number of carbonyl (C=O) groups is 4. The van der Waals surface area contributed by atoms with Crippen LogP contribution >= 0.6 is 0 Å². The monoisotopic (exact) mass is 1310 g/mol. The van der Waals surface area contributed by atoms with Gasteiger partial charge in [0.15, 0.2) is 23.1 Å². The van der Waals surface area contributed by atoms with Crippen LogP contribution in [0.1, 0.15) is 114 Å². The maximum atomic E-state index is 15.0. The first-order valence-electron chi connectivity index (χ1n) is 34.6. The number of rotatable bonds is 13. The lowest BCUT2D eigenvalue weighted by atomic mass is 9.73. The lowest BCUT2D eigenvalue weighted by Crippen LogP contribution is -2.30. The van der Waals surface area contributed by atoms with Crippen LogP contribution in [0.15, 0.2) is 328 Å².